The molecule has 19 heteroatoms. The fraction of sp³-hybridized carbons (Fsp3) is 0.952. The minimum absolute atomic E-state index is 0.106. The van der Waals surface area contributed by atoms with Crippen LogP contribution in [0, 0.1) is 11.8 Å². The Morgan fingerprint density at radius 2 is 0.447 bits per heavy atom. The van der Waals surface area contributed by atoms with Crippen LogP contribution in [-0.4, -0.2) is 96.7 Å². The molecule has 0 saturated carbocycles. The van der Waals surface area contributed by atoms with E-state index in [4.69, 9.17) is 37.0 Å². The highest BCUT2D eigenvalue weighted by molar-refractivity contribution is 7.47. The molecule has 0 aromatic carbocycles. The zero-order chi connectivity index (χ0) is 75.6. The molecule has 0 spiro atoms. The van der Waals surface area contributed by atoms with Gasteiger partial charge in [-0.25, -0.2) is 9.13 Å². The summed E-state index contributed by atoms with van der Waals surface area (Å²) >= 11 is 0. The normalized spacial score (nSPS) is 13.9. The summed E-state index contributed by atoms with van der Waals surface area (Å²) < 4.78 is 68.8. The summed E-state index contributed by atoms with van der Waals surface area (Å²) in [6.07, 6.45) is 66.7. The lowest BCUT2D eigenvalue weighted by atomic mass is 10.0. The number of carbonyl (C=O) groups is 4. The number of phosphoric ester groups is 2. The molecule has 3 N–H and O–H groups in total. The van der Waals surface area contributed by atoms with E-state index in [0.717, 1.165) is 102 Å². The summed E-state index contributed by atoms with van der Waals surface area (Å²) in [5.74, 6) is -0.614. The quantitative estimate of drug-likeness (QED) is 0.0222. The Bertz CT molecular complexity index is 1980. The van der Waals surface area contributed by atoms with Crippen molar-refractivity contribution in [2.75, 3.05) is 39.6 Å². The van der Waals surface area contributed by atoms with Gasteiger partial charge in [-0.3, -0.25) is 37.3 Å². The van der Waals surface area contributed by atoms with Crippen LogP contribution in [0.15, 0.2) is 0 Å². The van der Waals surface area contributed by atoms with Crippen LogP contribution < -0.4 is 0 Å². The van der Waals surface area contributed by atoms with E-state index in [2.05, 4.69) is 41.5 Å². The van der Waals surface area contributed by atoms with Crippen molar-refractivity contribution in [3.63, 3.8) is 0 Å². The number of ether oxygens (including phenoxy) is 4. The first-order chi connectivity index (χ1) is 49.9. The molecule has 0 bridgehead atoms. The van der Waals surface area contributed by atoms with Gasteiger partial charge in [0.1, 0.15) is 19.3 Å². The number of carbonyl (C=O) groups excluding carboxylic acids is 4. The largest absolute Gasteiger partial charge is 0.472 e. The predicted octanol–water partition coefficient (Wildman–Crippen LogP) is 25.5. The molecule has 0 heterocycles. The zero-order valence-corrected chi connectivity index (χ0v) is 69.4. The number of aliphatic hydroxyl groups excluding tert-OH is 1. The monoisotopic (exact) mass is 1510 g/mol. The smallest absolute Gasteiger partial charge is 0.462 e. The Morgan fingerprint density at radius 3 is 0.660 bits per heavy atom. The summed E-state index contributed by atoms with van der Waals surface area (Å²) in [6, 6.07) is 0. The highest BCUT2D eigenvalue weighted by Gasteiger charge is 2.30. The minimum atomic E-state index is -4.96. The Kier molecular flexibility index (Phi) is 74.1. The van der Waals surface area contributed by atoms with Gasteiger partial charge in [0, 0.05) is 25.7 Å². The second-order valence-electron chi connectivity index (χ2n) is 31.2. The summed E-state index contributed by atoms with van der Waals surface area (Å²) in [4.78, 5) is 73.1. The van der Waals surface area contributed by atoms with Gasteiger partial charge >= 0.3 is 39.5 Å². The molecule has 17 nitrogen and oxygen atoms in total. The van der Waals surface area contributed by atoms with E-state index >= 15 is 0 Å². The van der Waals surface area contributed by atoms with Crippen molar-refractivity contribution in [2.24, 2.45) is 11.8 Å². The van der Waals surface area contributed by atoms with Crippen LogP contribution in [0.5, 0.6) is 0 Å². The molecule has 2 unspecified atom stereocenters. The van der Waals surface area contributed by atoms with Crippen LogP contribution in [0.25, 0.3) is 0 Å². The Hall–Kier alpha value is -1.94. The lowest BCUT2D eigenvalue weighted by Gasteiger charge is -2.21. The third-order valence-electron chi connectivity index (χ3n) is 19.7. The van der Waals surface area contributed by atoms with Crippen LogP contribution in [0.4, 0.5) is 0 Å². The topological polar surface area (TPSA) is 237 Å². The van der Waals surface area contributed by atoms with Crippen LogP contribution in [0.3, 0.4) is 0 Å². The Morgan fingerprint density at radius 1 is 0.262 bits per heavy atom. The van der Waals surface area contributed by atoms with Crippen molar-refractivity contribution in [3.8, 4) is 0 Å². The first-order valence-electron chi connectivity index (χ1n) is 43.5. The number of hydrogen-bond donors (Lipinski definition) is 3. The van der Waals surface area contributed by atoms with E-state index in [1.165, 1.54) is 263 Å². The first-order valence-corrected chi connectivity index (χ1v) is 46.5. The third-order valence-corrected chi connectivity index (χ3v) is 21.6. The molecule has 103 heavy (non-hydrogen) atoms. The van der Waals surface area contributed by atoms with Crippen molar-refractivity contribution in [2.45, 2.75) is 464 Å². The summed E-state index contributed by atoms with van der Waals surface area (Å²) in [7, 11) is -9.92. The first kappa shape index (κ1) is 101. The Labute approximate surface area is 632 Å². The second kappa shape index (κ2) is 75.5. The molecule has 0 aliphatic carbocycles. The standard InChI is InChI=1S/C84H164O17P2/c1-7-9-11-13-15-17-19-21-23-25-26-27-28-30-32-34-38-42-50-56-62-68-83(88)100-79(72-94-81(86)66-60-54-48-41-37-33-31-29-24-22-20-18-16-14-12-10-8-2)74-98-102(90,91)96-70-78(85)71-97-103(92,93)99-75-80(73-95-82(87)67-61-55-49-45-44-47-53-59-65-77(5)6)101-84(89)69-63-57-51-43-39-35-36-40-46-52-58-64-76(3)4/h76-80,85H,7-75H2,1-6H3,(H,90,91)(H,92,93)/t78-,79-,80-/m1/s1. The van der Waals surface area contributed by atoms with Gasteiger partial charge in [0.2, 0.25) is 0 Å². The third kappa shape index (κ3) is 78.0. The Balaban J connectivity index is 5.23. The molecule has 0 saturated heterocycles. The van der Waals surface area contributed by atoms with Gasteiger partial charge in [-0.05, 0) is 37.5 Å². The maximum atomic E-state index is 13.1. The summed E-state index contributed by atoms with van der Waals surface area (Å²) in [5.41, 5.74) is 0. The number of unbranched alkanes of at least 4 members (excludes halogenated alkanes) is 53. The lowest BCUT2D eigenvalue weighted by molar-refractivity contribution is -0.161. The number of hydrogen-bond acceptors (Lipinski definition) is 15. The van der Waals surface area contributed by atoms with E-state index in [-0.39, 0.29) is 25.7 Å². The van der Waals surface area contributed by atoms with Crippen LogP contribution in [-0.2, 0) is 65.4 Å². The highest BCUT2D eigenvalue weighted by Crippen LogP contribution is 2.45. The molecule has 0 fully saturated rings. The lowest BCUT2D eigenvalue weighted by Crippen LogP contribution is -2.30. The van der Waals surface area contributed by atoms with Crippen molar-refractivity contribution >= 4 is 39.5 Å². The van der Waals surface area contributed by atoms with Gasteiger partial charge in [0.15, 0.2) is 12.2 Å². The molecule has 0 aliphatic heterocycles. The van der Waals surface area contributed by atoms with Gasteiger partial charge in [-0.15, -0.1) is 0 Å². The summed E-state index contributed by atoms with van der Waals surface area (Å²) in [6.45, 7) is 9.62. The molecule has 0 rings (SSSR count). The molecule has 0 aliphatic rings. The van der Waals surface area contributed by atoms with Gasteiger partial charge in [-0.1, -0.05) is 395 Å². The van der Waals surface area contributed by atoms with Gasteiger partial charge < -0.3 is 33.8 Å². The number of rotatable bonds is 83. The molecule has 612 valence electrons. The second-order valence-corrected chi connectivity index (χ2v) is 34.1. The SMILES string of the molecule is CCCCCCCCCCCCCCCCCCCCCCCC(=O)O[C@H](COC(=O)CCCCCCCCCCCCCCCCCCC)COP(=O)(O)OC[C@@H](O)COP(=O)(O)OC[C@@H](COC(=O)CCCCCCCCCCC(C)C)OC(=O)CCCCCCCCCCCCCC(C)C. The van der Waals surface area contributed by atoms with Crippen molar-refractivity contribution < 1.29 is 80.2 Å². The van der Waals surface area contributed by atoms with Gasteiger partial charge in [0.05, 0.1) is 26.4 Å². The van der Waals surface area contributed by atoms with E-state index in [1.54, 1.807) is 0 Å². The fourth-order valence-electron chi connectivity index (χ4n) is 13.1. The van der Waals surface area contributed by atoms with Crippen molar-refractivity contribution in [1.29, 1.82) is 0 Å². The molecular weight excluding hydrogens is 1340 g/mol. The molecule has 0 amide bonds. The van der Waals surface area contributed by atoms with E-state index in [9.17, 15) is 43.2 Å². The van der Waals surface area contributed by atoms with Crippen LogP contribution >= 0.6 is 15.6 Å². The van der Waals surface area contributed by atoms with Crippen LogP contribution in [0.2, 0.25) is 0 Å². The molecule has 0 aromatic heterocycles. The molecule has 0 aromatic rings. The molecule has 0 radical (unpaired) electrons. The van der Waals surface area contributed by atoms with E-state index in [1.807, 2.05) is 0 Å². The molecule has 5 atom stereocenters. The summed E-state index contributed by atoms with van der Waals surface area (Å²) in [5, 5.41) is 10.7. The van der Waals surface area contributed by atoms with E-state index in [0.29, 0.717) is 25.7 Å². The van der Waals surface area contributed by atoms with Crippen LogP contribution in [0.1, 0.15) is 446 Å². The zero-order valence-electron chi connectivity index (χ0n) is 67.6. The van der Waals surface area contributed by atoms with E-state index < -0.39 is 97.5 Å². The predicted molar refractivity (Wildman–Crippen MR) is 423 cm³/mol. The maximum absolute atomic E-state index is 13.1. The fourth-order valence-corrected chi connectivity index (χ4v) is 14.6. The highest BCUT2D eigenvalue weighted by atomic mass is 31.2. The maximum Gasteiger partial charge on any atom is 0.472 e. The van der Waals surface area contributed by atoms with Gasteiger partial charge in [-0.2, -0.15) is 0 Å². The minimum Gasteiger partial charge on any atom is -0.462 e. The number of aliphatic hydroxyl groups is 1. The number of phosphoric acid groups is 2. The molecular formula is C84H164O17P2. The average Bonchev–Trinajstić information content (AvgIpc) is 0.918. The van der Waals surface area contributed by atoms with Crippen molar-refractivity contribution in [3.05, 3.63) is 0 Å². The van der Waals surface area contributed by atoms with Crippen molar-refractivity contribution in [1.82, 2.24) is 0 Å². The number of esters is 4. The van der Waals surface area contributed by atoms with Gasteiger partial charge in [0.25, 0.3) is 0 Å². The average molecular weight is 1510 g/mol.